The van der Waals surface area contributed by atoms with Crippen LogP contribution >= 0.6 is 0 Å². The van der Waals surface area contributed by atoms with Gasteiger partial charge in [0.25, 0.3) is 0 Å². The van der Waals surface area contributed by atoms with Gasteiger partial charge in [0.15, 0.2) is 6.29 Å². The largest absolute Gasteiger partial charge is 0.497 e. The molecule has 1 aromatic carbocycles. The van der Waals surface area contributed by atoms with Gasteiger partial charge in [0.1, 0.15) is 17.1 Å². The fourth-order valence-corrected chi connectivity index (χ4v) is 1.87. The van der Waals surface area contributed by atoms with Gasteiger partial charge >= 0.3 is 5.97 Å². The summed E-state index contributed by atoms with van der Waals surface area (Å²) in [7, 11) is 1.59. The Kier molecular flexibility index (Phi) is 4.66. The maximum Gasteiger partial charge on any atom is 0.356 e. The lowest BCUT2D eigenvalue weighted by Crippen LogP contribution is -2.08. The predicted octanol–water partition coefficient (Wildman–Crippen LogP) is 2.75. The predicted molar refractivity (Wildman–Crippen MR) is 77.6 cm³/mol. The maximum atomic E-state index is 11.8. The number of methoxy groups -OCH3 is 1. The van der Waals surface area contributed by atoms with E-state index in [0.29, 0.717) is 6.29 Å². The molecule has 0 spiro atoms. The monoisotopic (exact) mass is 285 g/mol. The van der Waals surface area contributed by atoms with E-state index in [4.69, 9.17) is 9.47 Å². The van der Waals surface area contributed by atoms with E-state index in [2.05, 4.69) is 4.98 Å². The fourth-order valence-electron chi connectivity index (χ4n) is 1.87. The molecule has 0 radical (unpaired) electrons. The Morgan fingerprint density at radius 3 is 2.48 bits per heavy atom. The average Bonchev–Trinajstić information content (AvgIpc) is 2.54. The molecule has 0 unspecified atom stereocenters. The number of esters is 1. The molecule has 0 fully saturated rings. The van der Waals surface area contributed by atoms with Crippen molar-refractivity contribution in [1.29, 1.82) is 0 Å². The zero-order valence-corrected chi connectivity index (χ0v) is 11.8. The van der Waals surface area contributed by atoms with E-state index in [1.807, 2.05) is 12.1 Å². The number of pyridine rings is 1. The first-order valence-electron chi connectivity index (χ1n) is 6.46. The van der Waals surface area contributed by atoms with Crippen LogP contribution < -0.4 is 4.74 Å². The topological polar surface area (TPSA) is 65.5 Å². The van der Waals surface area contributed by atoms with Crippen LogP contribution in [0.3, 0.4) is 0 Å². The molecular formula is C16H15NO4. The molecular weight excluding hydrogens is 270 g/mol. The SMILES string of the molecule is CCOC(=O)c1cc(-c2ccc(OC)cc2)cc(C=O)n1. The normalized spacial score (nSPS) is 10.0. The van der Waals surface area contributed by atoms with Gasteiger partial charge in [-0.3, -0.25) is 4.79 Å². The van der Waals surface area contributed by atoms with Gasteiger partial charge in [-0.25, -0.2) is 9.78 Å². The first-order valence-corrected chi connectivity index (χ1v) is 6.46. The van der Waals surface area contributed by atoms with Crippen LogP contribution in [-0.2, 0) is 4.74 Å². The summed E-state index contributed by atoms with van der Waals surface area (Å²) in [5, 5.41) is 0. The summed E-state index contributed by atoms with van der Waals surface area (Å²) in [5.74, 6) is 0.185. The Hall–Kier alpha value is -2.69. The smallest absolute Gasteiger partial charge is 0.356 e. The summed E-state index contributed by atoms with van der Waals surface area (Å²) >= 11 is 0. The number of ether oxygens (including phenoxy) is 2. The molecule has 0 N–H and O–H groups in total. The fraction of sp³-hybridized carbons (Fsp3) is 0.188. The number of rotatable bonds is 5. The van der Waals surface area contributed by atoms with Gasteiger partial charge in [-0.15, -0.1) is 0 Å². The molecule has 5 heteroatoms. The highest BCUT2D eigenvalue weighted by molar-refractivity contribution is 5.90. The number of nitrogens with zero attached hydrogens (tertiary/aromatic N) is 1. The maximum absolute atomic E-state index is 11.8. The Morgan fingerprint density at radius 1 is 1.19 bits per heavy atom. The van der Waals surface area contributed by atoms with Crippen molar-refractivity contribution in [1.82, 2.24) is 4.98 Å². The minimum absolute atomic E-state index is 0.118. The van der Waals surface area contributed by atoms with Gasteiger partial charge in [-0.1, -0.05) is 12.1 Å². The van der Waals surface area contributed by atoms with Crippen molar-refractivity contribution >= 4 is 12.3 Å². The second kappa shape index (κ2) is 6.65. The van der Waals surface area contributed by atoms with Crippen LogP contribution in [0.25, 0.3) is 11.1 Å². The molecule has 0 aliphatic rings. The molecule has 2 aromatic rings. The first-order chi connectivity index (χ1) is 10.2. The van der Waals surface area contributed by atoms with Gasteiger partial charge in [-0.05, 0) is 42.3 Å². The highest BCUT2D eigenvalue weighted by Gasteiger charge is 2.12. The molecule has 1 heterocycles. The number of aldehydes is 1. The number of benzene rings is 1. The molecule has 0 bridgehead atoms. The van der Waals surface area contributed by atoms with Crippen LogP contribution in [-0.4, -0.2) is 31.0 Å². The van der Waals surface area contributed by atoms with Crippen LogP contribution in [0.1, 0.15) is 27.9 Å². The lowest BCUT2D eigenvalue weighted by molar-refractivity contribution is 0.0519. The number of carbonyl (C=O) groups is 2. The summed E-state index contributed by atoms with van der Waals surface area (Å²) < 4.78 is 10.0. The lowest BCUT2D eigenvalue weighted by Gasteiger charge is -2.07. The third-order valence-electron chi connectivity index (χ3n) is 2.87. The summed E-state index contributed by atoms with van der Waals surface area (Å²) in [6.45, 7) is 1.97. The van der Waals surface area contributed by atoms with Gasteiger partial charge in [0, 0.05) is 0 Å². The van der Waals surface area contributed by atoms with Crippen LogP contribution in [0.2, 0.25) is 0 Å². The summed E-state index contributed by atoms with van der Waals surface area (Å²) in [5.41, 5.74) is 1.88. The molecule has 5 nitrogen and oxygen atoms in total. The van der Waals surface area contributed by atoms with E-state index in [1.54, 1.807) is 38.3 Å². The van der Waals surface area contributed by atoms with Gasteiger partial charge in [0.2, 0.25) is 0 Å². The van der Waals surface area contributed by atoms with Crippen molar-refractivity contribution in [3.63, 3.8) is 0 Å². The summed E-state index contributed by atoms with van der Waals surface area (Å²) in [6, 6.07) is 10.5. The van der Waals surface area contributed by atoms with Crippen molar-refractivity contribution < 1.29 is 19.1 Å². The van der Waals surface area contributed by atoms with Crippen molar-refractivity contribution in [3.05, 3.63) is 47.8 Å². The second-order valence-corrected chi connectivity index (χ2v) is 4.23. The van der Waals surface area contributed by atoms with Crippen molar-refractivity contribution in [3.8, 4) is 16.9 Å². The molecule has 0 aliphatic heterocycles. The number of carbonyl (C=O) groups excluding carboxylic acids is 2. The quantitative estimate of drug-likeness (QED) is 0.624. The van der Waals surface area contributed by atoms with Crippen LogP contribution in [0.4, 0.5) is 0 Å². The summed E-state index contributed by atoms with van der Waals surface area (Å²) in [4.78, 5) is 26.7. The Balaban J connectivity index is 2.44. The number of aromatic nitrogens is 1. The zero-order valence-electron chi connectivity index (χ0n) is 11.8. The van der Waals surface area contributed by atoms with E-state index in [1.165, 1.54) is 0 Å². The lowest BCUT2D eigenvalue weighted by atomic mass is 10.0. The Labute approximate surface area is 122 Å². The van der Waals surface area contributed by atoms with E-state index >= 15 is 0 Å². The third-order valence-corrected chi connectivity index (χ3v) is 2.87. The van der Waals surface area contributed by atoms with Gasteiger partial charge in [-0.2, -0.15) is 0 Å². The standard InChI is InChI=1S/C16H15NO4/c1-3-21-16(19)15-9-12(8-13(10-18)17-15)11-4-6-14(20-2)7-5-11/h4-10H,3H2,1-2H3. The molecule has 0 saturated heterocycles. The molecule has 0 atom stereocenters. The summed E-state index contributed by atoms with van der Waals surface area (Å²) in [6.07, 6.45) is 0.607. The zero-order chi connectivity index (χ0) is 15.2. The van der Waals surface area contributed by atoms with Crippen LogP contribution in [0.15, 0.2) is 36.4 Å². The second-order valence-electron chi connectivity index (χ2n) is 4.23. The molecule has 0 amide bonds. The Bertz CT molecular complexity index is 650. The number of hydrogen-bond donors (Lipinski definition) is 0. The van der Waals surface area contributed by atoms with Crippen molar-refractivity contribution in [2.24, 2.45) is 0 Å². The minimum Gasteiger partial charge on any atom is -0.497 e. The third kappa shape index (κ3) is 3.45. The van der Waals surface area contributed by atoms with Crippen molar-refractivity contribution in [2.75, 3.05) is 13.7 Å². The highest BCUT2D eigenvalue weighted by Crippen LogP contribution is 2.23. The molecule has 2 rings (SSSR count). The highest BCUT2D eigenvalue weighted by atomic mass is 16.5. The van der Waals surface area contributed by atoms with Crippen molar-refractivity contribution in [2.45, 2.75) is 6.92 Å². The van der Waals surface area contributed by atoms with Gasteiger partial charge < -0.3 is 9.47 Å². The molecule has 108 valence electrons. The minimum atomic E-state index is -0.545. The van der Waals surface area contributed by atoms with Gasteiger partial charge in [0.05, 0.1) is 13.7 Å². The van der Waals surface area contributed by atoms with E-state index < -0.39 is 5.97 Å². The molecule has 21 heavy (non-hydrogen) atoms. The van der Waals surface area contributed by atoms with Crippen LogP contribution in [0.5, 0.6) is 5.75 Å². The van der Waals surface area contributed by atoms with E-state index in [9.17, 15) is 9.59 Å². The Morgan fingerprint density at radius 2 is 1.90 bits per heavy atom. The first kappa shape index (κ1) is 14.7. The van der Waals surface area contributed by atoms with E-state index in [-0.39, 0.29) is 18.0 Å². The number of hydrogen-bond acceptors (Lipinski definition) is 5. The molecule has 1 aromatic heterocycles. The van der Waals surface area contributed by atoms with Crippen LogP contribution in [0, 0.1) is 0 Å². The van der Waals surface area contributed by atoms with E-state index in [0.717, 1.165) is 16.9 Å². The average molecular weight is 285 g/mol. The molecule has 0 aliphatic carbocycles. The molecule has 0 saturated carbocycles.